The molecule has 0 aromatic heterocycles. The van der Waals surface area contributed by atoms with Gasteiger partial charge in [-0.05, 0) is 46.2 Å². The zero-order valence-corrected chi connectivity index (χ0v) is 22.8. The first-order chi connectivity index (χ1) is 15.8. The number of benzene rings is 2. The zero-order valence-electron chi connectivity index (χ0n) is 21.2. The lowest BCUT2D eigenvalue weighted by atomic mass is 9.85. The van der Waals surface area contributed by atoms with Crippen LogP contribution in [0.5, 0.6) is 0 Å². The van der Waals surface area contributed by atoms with Gasteiger partial charge in [0, 0.05) is 46.6 Å². The number of nitrogens with one attached hydrogen (secondary N) is 2. The highest BCUT2D eigenvalue weighted by Crippen LogP contribution is 2.38. The average molecular weight is 505 g/mol. The molecule has 0 unspecified atom stereocenters. The van der Waals surface area contributed by atoms with Gasteiger partial charge in [-0.2, -0.15) is 0 Å². The number of thioether (sulfide) groups is 2. The van der Waals surface area contributed by atoms with Crippen molar-refractivity contribution in [2.45, 2.75) is 63.0 Å². The molecule has 0 saturated carbocycles. The molecule has 2 aromatic rings. The van der Waals surface area contributed by atoms with E-state index >= 15 is 0 Å². The Morgan fingerprint density at radius 3 is 1.91 bits per heavy atom. The normalized spacial score (nSPS) is 12.0. The molecule has 34 heavy (non-hydrogen) atoms. The molecule has 9 heteroatoms. The van der Waals surface area contributed by atoms with Crippen molar-refractivity contribution in [2.75, 3.05) is 40.3 Å². The number of hydrogen-bond acceptors (Lipinski definition) is 7. The van der Waals surface area contributed by atoms with Crippen molar-refractivity contribution >= 4 is 52.3 Å². The predicted molar refractivity (Wildman–Crippen MR) is 152 cm³/mol. The maximum absolute atomic E-state index is 13.2. The Balaban J connectivity index is 2.44. The molecule has 0 fully saturated rings. The number of rotatable bonds is 8. The van der Waals surface area contributed by atoms with E-state index in [0.29, 0.717) is 46.7 Å². The summed E-state index contributed by atoms with van der Waals surface area (Å²) in [6.07, 6.45) is 0. The first-order valence-electron chi connectivity index (χ1n) is 11.3. The van der Waals surface area contributed by atoms with Crippen LogP contribution < -0.4 is 33.6 Å². The molecule has 0 aliphatic rings. The maximum Gasteiger partial charge on any atom is 0.323 e. The maximum atomic E-state index is 13.2. The number of hydrogen-bond donors (Lipinski definition) is 6. The molecule has 2 aromatic carbocycles. The largest absolute Gasteiger partial charge is 0.398 e. The van der Waals surface area contributed by atoms with Crippen molar-refractivity contribution in [3.8, 4) is 0 Å². The summed E-state index contributed by atoms with van der Waals surface area (Å²) in [6.45, 7) is 13.2. The number of amides is 2. The summed E-state index contributed by atoms with van der Waals surface area (Å²) >= 11 is 3.08. The van der Waals surface area contributed by atoms with E-state index in [1.807, 2.05) is 24.3 Å². The Kier molecular flexibility index (Phi) is 9.59. The van der Waals surface area contributed by atoms with Gasteiger partial charge in [0.05, 0.1) is 10.6 Å². The minimum atomic E-state index is -0.357. The molecule has 0 atom stereocenters. The van der Waals surface area contributed by atoms with Crippen LogP contribution in [-0.4, -0.2) is 24.2 Å². The summed E-state index contributed by atoms with van der Waals surface area (Å²) in [4.78, 5) is 14.0. The van der Waals surface area contributed by atoms with Crippen LogP contribution in [0.25, 0.3) is 0 Å². The monoisotopic (exact) mass is 504 g/mol. The number of nitrogen functional groups attached to an aromatic ring is 2. The van der Waals surface area contributed by atoms with E-state index in [1.165, 1.54) is 11.8 Å². The number of carbonyl (C=O) groups is 1. The molecule has 0 aliphatic heterocycles. The molecule has 2 amide bonds. The van der Waals surface area contributed by atoms with Gasteiger partial charge in [-0.15, -0.1) is 23.5 Å². The van der Waals surface area contributed by atoms with E-state index in [4.69, 9.17) is 22.9 Å². The Bertz CT molecular complexity index is 932. The lowest BCUT2D eigenvalue weighted by molar-refractivity contribution is 0.262. The second kappa shape index (κ2) is 11.6. The van der Waals surface area contributed by atoms with Gasteiger partial charge in [-0.25, -0.2) is 4.79 Å². The summed E-state index contributed by atoms with van der Waals surface area (Å²) in [5, 5.41) is 6.04. The number of carbonyl (C=O) groups excluding carboxylic acids is 1. The van der Waals surface area contributed by atoms with Gasteiger partial charge in [0.15, 0.2) is 0 Å². The standard InChI is InChI=1S/C25H40N6OS2/c1-24(2,3)15-9-18(28)17(13-33-14-27)20(11-15)30-23(32)31-21-12-16(25(4,5)6)10-19(29)22(21)34-8-7-26/h9-12H,7-8,13-14,26-29H2,1-6H3,(H2,30,31,32). The van der Waals surface area contributed by atoms with Crippen LogP contribution in [0.4, 0.5) is 27.5 Å². The Morgan fingerprint density at radius 2 is 1.38 bits per heavy atom. The molecule has 7 nitrogen and oxygen atoms in total. The van der Waals surface area contributed by atoms with E-state index in [9.17, 15) is 4.79 Å². The highest BCUT2D eigenvalue weighted by molar-refractivity contribution is 7.99. The van der Waals surface area contributed by atoms with Crippen LogP contribution >= 0.6 is 23.5 Å². The molecule has 0 heterocycles. The van der Waals surface area contributed by atoms with Crippen LogP contribution in [0.3, 0.4) is 0 Å². The predicted octanol–water partition coefficient (Wildman–Crippen LogP) is 5.29. The van der Waals surface area contributed by atoms with E-state index < -0.39 is 0 Å². The van der Waals surface area contributed by atoms with Crippen molar-refractivity contribution in [3.05, 3.63) is 41.0 Å². The molecular weight excluding hydrogens is 464 g/mol. The number of urea groups is 1. The Morgan fingerprint density at radius 1 is 0.853 bits per heavy atom. The summed E-state index contributed by atoms with van der Waals surface area (Å²) < 4.78 is 0. The Labute approximate surface area is 212 Å². The SMILES string of the molecule is CC(C)(C)c1cc(N)c(CSCN)c(NC(=O)Nc2cc(C(C)(C)C)cc(N)c2SCCN)c1. The molecule has 0 saturated heterocycles. The van der Waals surface area contributed by atoms with Crippen LogP contribution in [0.15, 0.2) is 29.2 Å². The summed E-state index contributed by atoms with van der Waals surface area (Å²) in [7, 11) is 0. The van der Waals surface area contributed by atoms with E-state index in [1.54, 1.807) is 11.8 Å². The fraction of sp³-hybridized carbons (Fsp3) is 0.480. The highest BCUT2D eigenvalue weighted by atomic mass is 32.2. The molecule has 0 aliphatic carbocycles. The smallest absolute Gasteiger partial charge is 0.323 e. The minimum absolute atomic E-state index is 0.123. The van der Waals surface area contributed by atoms with Gasteiger partial charge in [-0.1, -0.05) is 41.5 Å². The van der Waals surface area contributed by atoms with Crippen LogP contribution in [0, 0.1) is 0 Å². The molecule has 2 rings (SSSR count). The second-order valence-corrected chi connectivity index (χ2v) is 12.4. The van der Waals surface area contributed by atoms with Gasteiger partial charge in [0.1, 0.15) is 0 Å². The summed E-state index contributed by atoms with van der Waals surface area (Å²) in [6, 6.07) is 7.57. The van der Waals surface area contributed by atoms with Crippen molar-refractivity contribution < 1.29 is 4.79 Å². The summed E-state index contributed by atoms with van der Waals surface area (Å²) in [5.41, 5.74) is 29.5. The zero-order chi connectivity index (χ0) is 25.7. The average Bonchev–Trinajstić information content (AvgIpc) is 2.71. The third-order valence-electron chi connectivity index (χ3n) is 5.36. The fourth-order valence-electron chi connectivity index (χ4n) is 3.34. The Hall–Kier alpha value is -2.07. The molecule has 0 spiro atoms. The van der Waals surface area contributed by atoms with Crippen molar-refractivity contribution in [1.82, 2.24) is 0 Å². The third-order valence-corrected chi connectivity index (χ3v) is 7.27. The third kappa shape index (κ3) is 7.46. The van der Waals surface area contributed by atoms with Crippen molar-refractivity contribution in [2.24, 2.45) is 11.5 Å². The van der Waals surface area contributed by atoms with E-state index in [0.717, 1.165) is 21.6 Å². The van der Waals surface area contributed by atoms with E-state index in [2.05, 4.69) is 52.2 Å². The molecule has 0 radical (unpaired) electrons. The molecule has 10 N–H and O–H groups in total. The van der Waals surface area contributed by atoms with Gasteiger partial charge in [-0.3, -0.25) is 0 Å². The summed E-state index contributed by atoms with van der Waals surface area (Å²) in [5.74, 6) is 1.76. The van der Waals surface area contributed by atoms with Crippen LogP contribution in [0.1, 0.15) is 58.2 Å². The van der Waals surface area contributed by atoms with Crippen LogP contribution in [-0.2, 0) is 16.6 Å². The molecule has 188 valence electrons. The number of anilines is 4. The van der Waals surface area contributed by atoms with Crippen molar-refractivity contribution in [1.29, 1.82) is 0 Å². The quantitative estimate of drug-likeness (QED) is 0.163. The van der Waals surface area contributed by atoms with Gasteiger partial charge in [0.2, 0.25) is 0 Å². The molecule has 0 bridgehead atoms. The topological polar surface area (TPSA) is 145 Å². The molecular formula is C25H40N6OS2. The first-order valence-corrected chi connectivity index (χ1v) is 13.5. The van der Waals surface area contributed by atoms with Gasteiger partial charge >= 0.3 is 6.03 Å². The highest BCUT2D eigenvalue weighted by Gasteiger charge is 2.22. The lowest BCUT2D eigenvalue weighted by Gasteiger charge is -2.24. The van der Waals surface area contributed by atoms with Crippen molar-refractivity contribution in [3.63, 3.8) is 0 Å². The van der Waals surface area contributed by atoms with Crippen LogP contribution in [0.2, 0.25) is 0 Å². The number of nitrogens with two attached hydrogens (primary N) is 4. The minimum Gasteiger partial charge on any atom is -0.398 e. The second-order valence-electron chi connectivity index (χ2n) is 10.3. The lowest BCUT2D eigenvalue weighted by Crippen LogP contribution is -2.23. The van der Waals surface area contributed by atoms with Gasteiger partial charge < -0.3 is 33.6 Å². The van der Waals surface area contributed by atoms with E-state index in [-0.39, 0.29) is 16.9 Å². The van der Waals surface area contributed by atoms with Gasteiger partial charge in [0.25, 0.3) is 0 Å². The fourth-order valence-corrected chi connectivity index (χ4v) is 4.79. The first kappa shape index (κ1) is 28.2.